The van der Waals surface area contributed by atoms with Crippen molar-refractivity contribution in [3.63, 3.8) is 0 Å². The van der Waals surface area contributed by atoms with Crippen LogP contribution in [-0.4, -0.2) is 31.5 Å². The van der Waals surface area contributed by atoms with Crippen LogP contribution >= 0.6 is 47.8 Å². The van der Waals surface area contributed by atoms with E-state index in [1.165, 1.54) is 0 Å². The van der Waals surface area contributed by atoms with Crippen LogP contribution in [0.1, 0.15) is 25.7 Å². The number of hydrogen-bond acceptors (Lipinski definition) is 2. The van der Waals surface area contributed by atoms with E-state index in [0.717, 1.165) is 25.7 Å². The summed E-state index contributed by atoms with van der Waals surface area (Å²) in [5.41, 5.74) is 0. The van der Waals surface area contributed by atoms with Gasteiger partial charge in [-0.1, -0.05) is 54.2 Å². The topological polar surface area (TPSA) is 40.5 Å². The quantitative estimate of drug-likeness (QED) is 0.525. The molecule has 0 aromatic carbocycles. The first-order valence-electron chi connectivity index (χ1n) is 4.25. The first-order chi connectivity index (χ1) is 6.02. The standard InChI is InChI=1S/C8H15Br3O2/c9-7(3-1-2-4-12)5-8(10,11)6-13/h7,12-13H,1-6H2. The Kier molecular flexibility index (Phi) is 8.42. The Morgan fingerprint density at radius 1 is 1.15 bits per heavy atom. The lowest BCUT2D eigenvalue weighted by atomic mass is 10.1. The van der Waals surface area contributed by atoms with Crippen molar-refractivity contribution in [1.29, 1.82) is 0 Å². The highest BCUT2D eigenvalue weighted by atomic mass is 79.9. The van der Waals surface area contributed by atoms with Crippen LogP contribution in [-0.2, 0) is 0 Å². The normalized spacial score (nSPS) is 14.5. The molecule has 0 radical (unpaired) electrons. The highest BCUT2D eigenvalue weighted by molar-refractivity contribution is 9.25. The average Bonchev–Trinajstić information content (AvgIpc) is 2.04. The Hall–Kier alpha value is 1.36. The zero-order valence-electron chi connectivity index (χ0n) is 7.35. The molecule has 0 fully saturated rings. The van der Waals surface area contributed by atoms with Crippen LogP contribution in [0.5, 0.6) is 0 Å². The summed E-state index contributed by atoms with van der Waals surface area (Å²) in [5.74, 6) is 0. The molecule has 2 nitrogen and oxygen atoms in total. The molecule has 0 aliphatic rings. The first kappa shape index (κ1) is 14.4. The second-order valence-electron chi connectivity index (χ2n) is 3.03. The molecular formula is C8H15Br3O2. The van der Waals surface area contributed by atoms with Gasteiger partial charge in [0.05, 0.1) is 6.61 Å². The van der Waals surface area contributed by atoms with Crippen molar-refractivity contribution in [2.75, 3.05) is 13.2 Å². The Morgan fingerprint density at radius 3 is 2.23 bits per heavy atom. The van der Waals surface area contributed by atoms with E-state index in [1.807, 2.05) is 0 Å². The van der Waals surface area contributed by atoms with E-state index in [0.29, 0.717) is 4.83 Å². The fourth-order valence-electron chi connectivity index (χ4n) is 0.968. The average molecular weight is 383 g/mol. The fraction of sp³-hybridized carbons (Fsp3) is 1.00. The smallest absolute Gasteiger partial charge is 0.104 e. The highest BCUT2D eigenvalue weighted by Gasteiger charge is 2.24. The number of rotatable bonds is 7. The molecule has 0 rings (SSSR count). The molecule has 0 saturated heterocycles. The molecule has 0 saturated carbocycles. The molecule has 0 heterocycles. The predicted octanol–water partition coefficient (Wildman–Crippen LogP) is 2.78. The van der Waals surface area contributed by atoms with Crippen molar-refractivity contribution in [3.05, 3.63) is 0 Å². The van der Waals surface area contributed by atoms with Crippen molar-refractivity contribution in [1.82, 2.24) is 0 Å². The van der Waals surface area contributed by atoms with Crippen LogP contribution in [0.15, 0.2) is 0 Å². The zero-order chi connectivity index (χ0) is 10.3. The maximum absolute atomic E-state index is 8.96. The van der Waals surface area contributed by atoms with Crippen molar-refractivity contribution in [3.8, 4) is 0 Å². The van der Waals surface area contributed by atoms with Gasteiger partial charge in [-0.15, -0.1) is 0 Å². The number of unbranched alkanes of at least 4 members (excludes halogenated alkanes) is 1. The third-order valence-electron chi connectivity index (χ3n) is 1.68. The second kappa shape index (κ2) is 7.63. The highest BCUT2D eigenvalue weighted by Crippen LogP contribution is 2.34. The molecule has 5 heteroatoms. The number of halogens is 3. The second-order valence-corrected chi connectivity index (χ2v) is 8.43. The fourth-order valence-corrected chi connectivity index (χ4v) is 3.50. The molecule has 2 N–H and O–H groups in total. The van der Waals surface area contributed by atoms with E-state index in [1.54, 1.807) is 0 Å². The van der Waals surface area contributed by atoms with Gasteiger partial charge in [0.2, 0.25) is 0 Å². The molecule has 0 spiro atoms. The summed E-state index contributed by atoms with van der Waals surface area (Å²) in [4.78, 5) is 0.366. The van der Waals surface area contributed by atoms with E-state index >= 15 is 0 Å². The molecule has 80 valence electrons. The molecule has 13 heavy (non-hydrogen) atoms. The largest absolute Gasteiger partial charge is 0.396 e. The van der Waals surface area contributed by atoms with Crippen LogP contribution in [0.4, 0.5) is 0 Å². The SMILES string of the molecule is OCCCCC(Br)CC(Br)(Br)CO. The summed E-state index contributed by atoms with van der Waals surface area (Å²) >= 11 is 10.3. The van der Waals surface area contributed by atoms with E-state index in [-0.39, 0.29) is 16.4 Å². The minimum Gasteiger partial charge on any atom is -0.396 e. The van der Waals surface area contributed by atoms with E-state index < -0.39 is 0 Å². The predicted molar refractivity (Wildman–Crippen MR) is 65.9 cm³/mol. The molecule has 0 aliphatic carbocycles. The molecule has 0 aromatic rings. The summed E-state index contributed by atoms with van der Waals surface area (Å²) in [6.45, 7) is 0.322. The molecule has 0 amide bonds. The molecule has 0 aromatic heterocycles. The van der Waals surface area contributed by atoms with Gasteiger partial charge >= 0.3 is 0 Å². The number of aliphatic hydroxyl groups excluding tert-OH is 2. The van der Waals surface area contributed by atoms with Gasteiger partial charge < -0.3 is 10.2 Å². The first-order valence-corrected chi connectivity index (χ1v) is 6.75. The maximum Gasteiger partial charge on any atom is 0.104 e. The summed E-state index contributed by atoms with van der Waals surface area (Å²) in [7, 11) is 0. The van der Waals surface area contributed by atoms with Gasteiger partial charge in [-0.2, -0.15) is 0 Å². The van der Waals surface area contributed by atoms with Gasteiger partial charge in [0.1, 0.15) is 3.23 Å². The van der Waals surface area contributed by atoms with Crippen molar-refractivity contribution < 1.29 is 10.2 Å². The lowest BCUT2D eigenvalue weighted by Crippen LogP contribution is -2.21. The Bertz CT molecular complexity index is 131. The zero-order valence-corrected chi connectivity index (χ0v) is 12.1. The van der Waals surface area contributed by atoms with Crippen LogP contribution in [0.25, 0.3) is 0 Å². The van der Waals surface area contributed by atoms with Crippen molar-refractivity contribution in [2.45, 2.75) is 33.7 Å². The number of aliphatic hydroxyl groups is 2. The Morgan fingerprint density at radius 2 is 1.77 bits per heavy atom. The lowest BCUT2D eigenvalue weighted by molar-refractivity contribution is 0.276. The summed E-state index contributed by atoms with van der Waals surface area (Å²) in [5, 5.41) is 17.5. The summed E-state index contributed by atoms with van der Waals surface area (Å²) < 4.78 is -0.368. The molecule has 1 atom stereocenters. The van der Waals surface area contributed by atoms with Gasteiger partial charge in [-0.05, 0) is 19.3 Å². The Balaban J connectivity index is 3.55. The summed E-state index contributed by atoms with van der Waals surface area (Å²) in [6.07, 6.45) is 3.68. The van der Waals surface area contributed by atoms with Crippen LogP contribution in [0, 0.1) is 0 Å². The minimum atomic E-state index is -0.368. The van der Waals surface area contributed by atoms with E-state index in [9.17, 15) is 0 Å². The molecule has 1 unspecified atom stereocenters. The third kappa shape index (κ3) is 8.36. The lowest BCUT2D eigenvalue weighted by Gasteiger charge is -2.20. The van der Waals surface area contributed by atoms with Gasteiger partial charge in [-0.25, -0.2) is 0 Å². The minimum absolute atomic E-state index is 0.0646. The summed E-state index contributed by atoms with van der Waals surface area (Å²) in [6, 6.07) is 0. The number of alkyl halides is 3. The van der Waals surface area contributed by atoms with Crippen LogP contribution < -0.4 is 0 Å². The molecule has 0 bridgehead atoms. The third-order valence-corrected chi connectivity index (χ3v) is 3.61. The maximum atomic E-state index is 8.96. The van der Waals surface area contributed by atoms with Crippen molar-refractivity contribution in [2.24, 2.45) is 0 Å². The van der Waals surface area contributed by atoms with Crippen LogP contribution in [0.2, 0.25) is 0 Å². The van der Waals surface area contributed by atoms with E-state index in [4.69, 9.17) is 10.2 Å². The Labute approximate surface area is 104 Å². The monoisotopic (exact) mass is 380 g/mol. The molecule has 0 aliphatic heterocycles. The number of hydrogen-bond donors (Lipinski definition) is 2. The molecular weight excluding hydrogens is 368 g/mol. The van der Waals surface area contributed by atoms with Crippen molar-refractivity contribution >= 4 is 47.8 Å². The van der Waals surface area contributed by atoms with Gasteiger partial charge in [-0.3, -0.25) is 0 Å². The van der Waals surface area contributed by atoms with Crippen LogP contribution in [0.3, 0.4) is 0 Å². The van der Waals surface area contributed by atoms with E-state index in [2.05, 4.69) is 47.8 Å². The van der Waals surface area contributed by atoms with Gasteiger partial charge in [0.25, 0.3) is 0 Å². The van der Waals surface area contributed by atoms with Gasteiger partial charge in [0.15, 0.2) is 0 Å². The van der Waals surface area contributed by atoms with Gasteiger partial charge in [0, 0.05) is 11.4 Å².